The molecule has 1 aliphatic heterocycles. The van der Waals surface area contributed by atoms with Gasteiger partial charge in [-0.2, -0.15) is 0 Å². The Morgan fingerprint density at radius 2 is 2.16 bits per heavy atom. The minimum atomic E-state index is 0.456. The van der Waals surface area contributed by atoms with Crippen molar-refractivity contribution in [1.29, 1.82) is 0 Å². The minimum absolute atomic E-state index is 0.456. The van der Waals surface area contributed by atoms with E-state index >= 15 is 0 Å². The number of rotatable bonds is 7. The lowest BCUT2D eigenvalue weighted by molar-refractivity contribution is -0.107. The zero-order valence-electron chi connectivity index (χ0n) is 11.3. The average Bonchev–Trinajstić information content (AvgIpc) is 2.46. The molecule has 1 heterocycles. The molecular weight excluding hydrogens is 240 g/mol. The van der Waals surface area contributed by atoms with Crippen LogP contribution in [0, 0.1) is 0 Å². The number of nitrogens with one attached hydrogen (secondary N) is 1. The minimum Gasteiger partial charge on any atom is -0.494 e. The molecule has 19 heavy (non-hydrogen) atoms. The number of benzene rings is 1. The molecule has 0 unspecified atom stereocenters. The number of piperazine rings is 1. The number of ether oxygens (including phenoxy) is 1. The zero-order chi connectivity index (χ0) is 13.3. The predicted molar refractivity (Wildman–Crippen MR) is 75.6 cm³/mol. The maximum atomic E-state index is 10.5. The third-order valence-electron chi connectivity index (χ3n) is 3.31. The normalized spacial score (nSPS) is 16.2. The standard InChI is InChI=1S/C15H22N2O2/c18-11-5-14-3-1-4-15(13-14)19-12-2-8-17-9-6-16-7-10-17/h1,3-4,11,13,16H,2,5-10,12H2. The molecule has 4 nitrogen and oxygen atoms in total. The van der Waals surface area contributed by atoms with E-state index in [9.17, 15) is 4.79 Å². The number of hydrogen-bond acceptors (Lipinski definition) is 4. The summed E-state index contributed by atoms with van der Waals surface area (Å²) >= 11 is 0. The van der Waals surface area contributed by atoms with Gasteiger partial charge < -0.3 is 19.7 Å². The molecule has 1 aromatic carbocycles. The van der Waals surface area contributed by atoms with Gasteiger partial charge in [-0.05, 0) is 24.1 Å². The van der Waals surface area contributed by atoms with Gasteiger partial charge in [0.25, 0.3) is 0 Å². The molecule has 0 radical (unpaired) electrons. The van der Waals surface area contributed by atoms with Crippen molar-refractivity contribution < 1.29 is 9.53 Å². The molecule has 0 bridgehead atoms. The van der Waals surface area contributed by atoms with E-state index in [0.717, 1.165) is 63.4 Å². The smallest absolute Gasteiger partial charge is 0.124 e. The fourth-order valence-electron chi connectivity index (χ4n) is 2.27. The van der Waals surface area contributed by atoms with E-state index in [4.69, 9.17) is 4.74 Å². The van der Waals surface area contributed by atoms with Crippen LogP contribution in [0.4, 0.5) is 0 Å². The van der Waals surface area contributed by atoms with Crippen LogP contribution < -0.4 is 10.1 Å². The van der Waals surface area contributed by atoms with E-state index < -0.39 is 0 Å². The van der Waals surface area contributed by atoms with E-state index in [1.807, 2.05) is 24.3 Å². The second-order valence-corrected chi connectivity index (χ2v) is 4.81. The summed E-state index contributed by atoms with van der Waals surface area (Å²) in [6.07, 6.45) is 2.42. The number of hydrogen-bond donors (Lipinski definition) is 1. The Kier molecular flexibility index (Phi) is 5.85. The second kappa shape index (κ2) is 7.92. The summed E-state index contributed by atoms with van der Waals surface area (Å²) in [5, 5.41) is 3.35. The summed E-state index contributed by atoms with van der Waals surface area (Å²) in [5.74, 6) is 0.861. The van der Waals surface area contributed by atoms with E-state index in [1.165, 1.54) is 0 Å². The molecule has 1 aliphatic rings. The SMILES string of the molecule is O=CCc1cccc(OCCCN2CCNCC2)c1. The summed E-state index contributed by atoms with van der Waals surface area (Å²) in [6, 6.07) is 7.77. The third-order valence-corrected chi connectivity index (χ3v) is 3.31. The lowest BCUT2D eigenvalue weighted by atomic mass is 10.1. The Labute approximate surface area is 114 Å². The topological polar surface area (TPSA) is 41.6 Å². The maximum Gasteiger partial charge on any atom is 0.124 e. The van der Waals surface area contributed by atoms with Gasteiger partial charge >= 0.3 is 0 Å². The van der Waals surface area contributed by atoms with Crippen LogP contribution in [-0.4, -0.2) is 50.5 Å². The van der Waals surface area contributed by atoms with E-state index in [0.29, 0.717) is 6.42 Å². The molecule has 1 fully saturated rings. The zero-order valence-corrected chi connectivity index (χ0v) is 11.3. The van der Waals surface area contributed by atoms with Gasteiger partial charge in [0.1, 0.15) is 12.0 Å². The fourth-order valence-corrected chi connectivity index (χ4v) is 2.27. The van der Waals surface area contributed by atoms with Crippen molar-refractivity contribution in [3.8, 4) is 5.75 Å². The van der Waals surface area contributed by atoms with Gasteiger partial charge in [0, 0.05) is 39.1 Å². The number of nitrogens with zero attached hydrogens (tertiary/aromatic N) is 1. The molecule has 4 heteroatoms. The monoisotopic (exact) mass is 262 g/mol. The Bertz CT molecular complexity index is 389. The van der Waals surface area contributed by atoms with Crippen molar-refractivity contribution in [3.05, 3.63) is 29.8 Å². The average molecular weight is 262 g/mol. The summed E-state index contributed by atoms with van der Waals surface area (Å²) < 4.78 is 5.73. The van der Waals surface area contributed by atoms with Crippen molar-refractivity contribution in [2.75, 3.05) is 39.3 Å². The van der Waals surface area contributed by atoms with Gasteiger partial charge in [0.15, 0.2) is 0 Å². The molecule has 0 aliphatic carbocycles. The van der Waals surface area contributed by atoms with Crippen LogP contribution in [0.5, 0.6) is 5.75 Å². The van der Waals surface area contributed by atoms with Gasteiger partial charge in [-0.3, -0.25) is 0 Å². The molecule has 0 spiro atoms. The van der Waals surface area contributed by atoms with Gasteiger partial charge in [0.05, 0.1) is 6.61 Å². The maximum absolute atomic E-state index is 10.5. The number of carbonyl (C=O) groups is 1. The first-order valence-corrected chi connectivity index (χ1v) is 6.97. The first-order chi connectivity index (χ1) is 9.38. The lowest BCUT2D eigenvalue weighted by Crippen LogP contribution is -2.43. The molecule has 0 aromatic heterocycles. The molecule has 0 atom stereocenters. The number of carbonyl (C=O) groups excluding carboxylic acids is 1. The van der Waals surface area contributed by atoms with Gasteiger partial charge in [-0.25, -0.2) is 0 Å². The van der Waals surface area contributed by atoms with Gasteiger partial charge in [-0.15, -0.1) is 0 Å². The predicted octanol–water partition coefficient (Wildman–Crippen LogP) is 1.10. The highest BCUT2D eigenvalue weighted by Gasteiger charge is 2.08. The third kappa shape index (κ3) is 5.01. The van der Waals surface area contributed by atoms with Crippen LogP contribution in [0.3, 0.4) is 0 Å². The van der Waals surface area contributed by atoms with Crippen LogP contribution >= 0.6 is 0 Å². The van der Waals surface area contributed by atoms with E-state index in [2.05, 4.69) is 10.2 Å². The molecule has 1 N–H and O–H groups in total. The molecule has 104 valence electrons. The van der Waals surface area contributed by atoms with Crippen molar-refractivity contribution in [2.45, 2.75) is 12.8 Å². The summed E-state index contributed by atoms with van der Waals surface area (Å²) in [4.78, 5) is 12.9. The highest BCUT2D eigenvalue weighted by Crippen LogP contribution is 2.13. The Morgan fingerprint density at radius 1 is 1.32 bits per heavy atom. The number of aldehydes is 1. The lowest BCUT2D eigenvalue weighted by Gasteiger charge is -2.26. The Balaban J connectivity index is 1.67. The van der Waals surface area contributed by atoms with E-state index in [1.54, 1.807) is 0 Å². The summed E-state index contributed by atoms with van der Waals surface area (Å²) in [6.45, 7) is 6.27. The molecule has 1 aromatic rings. The van der Waals surface area contributed by atoms with Crippen LogP contribution in [-0.2, 0) is 11.2 Å². The van der Waals surface area contributed by atoms with Crippen molar-refractivity contribution >= 4 is 6.29 Å². The molecule has 0 saturated carbocycles. The first-order valence-electron chi connectivity index (χ1n) is 6.97. The molecule has 0 amide bonds. The molecular formula is C15H22N2O2. The van der Waals surface area contributed by atoms with Gasteiger partial charge in [0.2, 0.25) is 0 Å². The van der Waals surface area contributed by atoms with Crippen molar-refractivity contribution in [2.24, 2.45) is 0 Å². The first kappa shape index (κ1) is 14.0. The molecule has 1 saturated heterocycles. The van der Waals surface area contributed by atoms with Gasteiger partial charge in [-0.1, -0.05) is 12.1 Å². The van der Waals surface area contributed by atoms with Crippen LogP contribution in [0.1, 0.15) is 12.0 Å². The second-order valence-electron chi connectivity index (χ2n) is 4.81. The van der Waals surface area contributed by atoms with Crippen LogP contribution in [0.2, 0.25) is 0 Å². The largest absolute Gasteiger partial charge is 0.494 e. The van der Waals surface area contributed by atoms with E-state index in [-0.39, 0.29) is 0 Å². The van der Waals surface area contributed by atoms with Crippen LogP contribution in [0.25, 0.3) is 0 Å². The highest BCUT2D eigenvalue weighted by atomic mass is 16.5. The van der Waals surface area contributed by atoms with Crippen molar-refractivity contribution in [1.82, 2.24) is 10.2 Å². The highest BCUT2D eigenvalue weighted by molar-refractivity contribution is 5.55. The van der Waals surface area contributed by atoms with Crippen molar-refractivity contribution in [3.63, 3.8) is 0 Å². The van der Waals surface area contributed by atoms with Crippen LogP contribution in [0.15, 0.2) is 24.3 Å². The fraction of sp³-hybridized carbons (Fsp3) is 0.533. The molecule has 2 rings (SSSR count). The summed E-state index contributed by atoms with van der Waals surface area (Å²) in [5.41, 5.74) is 1.01. The quantitative estimate of drug-likeness (QED) is 0.590. The Morgan fingerprint density at radius 3 is 2.95 bits per heavy atom. The summed E-state index contributed by atoms with van der Waals surface area (Å²) in [7, 11) is 0. The Hall–Kier alpha value is -1.39.